The maximum Gasteiger partial charge on any atom is 0.126 e. The summed E-state index contributed by atoms with van der Waals surface area (Å²) in [6.45, 7) is 8.45. The van der Waals surface area contributed by atoms with Crippen LogP contribution in [0.2, 0.25) is 0 Å². The van der Waals surface area contributed by atoms with Gasteiger partial charge < -0.3 is 5.32 Å². The van der Waals surface area contributed by atoms with E-state index in [1.807, 2.05) is 18.2 Å². The molecule has 1 nitrogen and oxygen atoms in total. The Bertz CT molecular complexity index is 347. The van der Waals surface area contributed by atoms with Gasteiger partial charge in [0, 0.05) is 6.04 Å². The number of allylic oxidation sites excluding steroid dienone is 1. The fourth-order valence-electron chi connectivity index (χ4n) is 1.74. The monoisotopic (exact) mass is 221 g/mol. The lowest BCUT2D eigenvalue weighted by atomic mass is 10.0. The van der Waals surface area contributed by atoms with Crippen LogP contribution in [0.3, 0.4) is 0 Å². The molecule has 0 saturated heterocycles. The largest absolute Gasteiger partial charge is 0.310 e. The first-order valence-corrected chi connectivity index (χ1v) is 5.79. The molecule has 1 aromatic carbocycles. The van der Waals surface area contributed by atoms with Gasteiger partial charge in [-0.2, -0.15) is 0 Å². The van der Waals surface area contributed by atoms with Crippen LogP contribution in [0.25, 0.3) is 0 Å². The Hall–Kier alpha value is -1.15. The summed E-state index contributed by atoms with van der Waals surface area (Å²) < 4.78 is 13.5. The third-order valence-corrected chi connectivity index (χ3v) is 2.71. The van der Waals surface area contributed by atoms with Crippen molar-refractivity contribution in [2.24, 2.45) is 0 Å². The average molecular weight is 221 g/mol. The Kier molecular flexibility index (Phi) is 5.20. The molecule has 0 heterocycles. The van der Waals surface area contributed by atoms with Crippen LogP contribution < -0.4 is 5.32 Å². The van der Waals surface area contributed by atoms with Crippen molar-refractivity contribution in [1.29, 1.82) is 0 Å². The molecule has 2 heteroatoms. The molecular formula is C14H20FN. The molecule has 1 aromatic rings. The van der Waals surface area contributed by atoms with Crippen LogP contribution in [0.1, 0.15) is 36.9 Å². The van der Waals surface area contributed by atoms with Crippen molar-refractivity contribution in [3.8, 4) is 0 Å². The van der Waals surface area contributed by atoms with Crippen molar-refractivity contribution in [3.63, 3.8) is 0 Å². The van der Waals surface area contributed by atoms with E-state index >= 15 is 0 Å². The number of hydrogen-bond acceptors (Lipinski definition) is 1. The topological polar surface area (TPSA) is 12.0 Å². The smallest absolute Gasteiger partial charge is 0.126 e. The highest BCUT2D eigenvalue weighted by Crippen LogP contribution is 2.20. The summed E-state index contributed by atoms with van der Waals surface area (Å²) in [5.74, 6) is -0.126. The van der Waals surface area contributed by atoms with Crippen molar-refractivity contribution < 1.29 is 4.39 Å². The van der Waals surface area contributed by atoms with E-state index in [4.69, 9.17) is 0 Å². The van der Waals surface area contributed by atoms with E-state index in [-0.39, 0.29) is 11.9 Å². The summed E-state index contributed by atoms with van der Waals surface area (Å²) in [4.78, 5) is 0. The second-order valence-corrected chi connectivity index (χ2v) is 3.98. The fourth-order valence-corrected chi connectivity index (χ4v) is 1.74. The second kappa shape index (κ2) is 6.44. The van der Waals surface area contributed by atoms with E-state index in [1.165, 1.54) is 0 Å². The first kappa shape index (κ1) is 12.9. The zero-order chi connectivity index (χ0) is 12.0. The summed E-state index contributed by atoms with van der Waals surface area (Å²) in [5, 5.41) is 3.37. The van der Waals surface area contributed by atoms with Crippen molar-refractivity contribution in [3.05, 3.63) is 47.8 Å². The predicted molar refractivity (Wildman–Crippen MR) is 67.0 cm³/mol. The molecular weight excluding hydrogens is 201 g/mol. The number of aryl methyl sites for hydroxylation is 1. The lowest BCUT2D eigenvalue weighted by molar-refractivity contribution is 0.514. The summed E-state index contributed by atoms with van der Waals surface area (Å²) >= 11 is 0. The average Bonchev–Trinajstić information content (AvgIpc) is 2.28. The van der Waals surface area contributed by atoms with E-state index in [9.17, 15) is 4.39 Å². The van der Waals surface area contributed by atoms with Gasteiger partial charge in [-0.15, -0.1) is 6.58 Å². The molecule has 1 N–H and O–H groups in total. The predicted octanol–water partition coefficient (Wildman–Crippen LogP) is 3.75. The van der Waals surface area contributed by atoms with Crippen molar-refractivity contribution >= 4 is 0 Å². The lowest BCUT2D eigenvalue weighted by Crippen LogP contribution is -2.20. The molecule has 0 saturated carbocycles. The van der Waals surface area contributed by atoms with Gasteiger partial charge >= 0.3 is 0 Å². The molecule has 0 fully saturated rings. The number of rotatable bonds is 6. The molecule has 0 radical (unpaired) electrons. The third kappa shape index (κ3) is 3.46. The van der Waals surface area contributed by atoms with E-state index < -0.39 is 0 Å². The van der Waals surface area contributed by atoms with E-state index in [1.54, 1.807) is 13.0 Å². The summed E-state index contributed by atoms with van der Waals surface area (Å²) in [7, 11) is 0. The zero-order valence-electron chi connectivity index (χ0n) is 10.1. The lowest BCUT2D eigenvalue weighted by Gasteiger charge is -2.18. The molecule has 88 valence electrons. The van der Waals surface area contributed by atoms with Gasteiger partial charge in [0.25, 0.3) is 0 Å². The van der Waals surface area contributed by atoms with Crippen LogP contribution in [0, 0.1) is 12.7 Å². The minimum atomic E-state index is -0.126. The Labute approximate surface area is 97.4 Å². The van der Waals surface area contributed by atoms with E-state index in [2.05, 4.69) is 18.8 Å². The van der Waals surface area contributed by atoms with E-state index in [0.717, 1.165) is 24.9 Å². The molecule has 1 rings (SSSR count). The number of hydrogen-bond donors (Lipinski definition) is 1. The minimum absolute atomic E-state index is 0.126. The molecule has 0 aliphatic carbocycles. The van der Waals surface area contributed by atoms with Gasteiger partial charge in [0.05, 0.1) is 0 Å². The number of benzene rings is 1. The number of nitrogens with one attached hydrogen (secondary N) is 1. The van der Waals surface area contributed by atoms with Crippen LogP contribution in [-0.4, -0.2) is 6.54 Å². The molecule has 0 amide bonds. The van der Waals surface area contributed by atoms with Gasteiger partial charge in [-0.3, -0.25) is 0 Å². The van der Waals surface area contributed by atoms with Crippen molar-refractivity contribution in [2.45, 2.75) is 32.7 Å². The van der Waals surface area contributed by atoms with Crippen molar-refractivity contribution in [1.82, 2.24) is 5.32 Å². The second-order valence-electron chi connectivity index (χ2n) is 3.98. The highest BCUT2D eigenvalue weighted by molar-refractivity contribution is 5.25. The highest BCUT2D eigenvalue weighted by Gasteiger charge is 2.10. The Morgan fingerprint density at radius 2 is 2.25 bits per heavy atom. The fraction of sp³-hybridized carbons (Fsp3) is 0.429. The molecule has 0 bridgehead atoms. The van der Waals surface area contributed by atoms with Crippen LogP contribution in [0.5, 0.6) is 0 Å². The molecule has 16 heavy (non-hydrogen) atoms. The molecule has 0 spiro atoms. The minimum Gasteiger partial charge on any atom is -0.310 e. The first-order chi connectivity index (χ1) is 7.69. The van der Waals surface area contributed by atoms with Gasteiger partial charge in [-0.25, -0.2) is 4.39 Å². The quantitative estimate of drug-likeness (QED) is 0.721. The summed E-state index contributed by atoms with van der Waals surface area (Å²) in [5.41, 5.74) is 1.72. The standard InChI is InChI=1S/C14H20FN/c1-4-6-7-14(16-5-2)12-9-8-11(3)13(15)10-12/h4,8-10,14,16H,1,5-7H2,2-3H3. The molecule has 1 atom stereocenters. The van der Waals surface area contributed by atoms with Crippen LogP contribution in [0.15, 0.2) is 30.9 Å². The van der Waals surface area contributed by atoms with Gasteiger partial charge in [-0.1, -0.05) is 25.1 Å². The van der Waals surface area contributed by atoms with Crippen LogP contribution in [0.4, 0.5) is 4.39 Å². The molecule has 0 aliphatic rings. The SMILES string of the molecule is C=CCCC(NCC)c1ccc(C)c(F)c1. The van der Waals surface area contributed by atoms with Crippen molar-refractivity contribution in [2.75, 3.05) is 6.54 Å². The van der Waals surface area contributed by atoms with E-state index in [0.29, 0.717) is 5.56 Å². The highest BCUT2D eigenvalue weighted by atomic mass is 19.1. The summed E-state index contributed by atoms with van der Waals surface area (Å²) in [6.07, 6.45) is 3.79. The zero-order valence-corrected chi connectivity index (χ0v) is 10.1. The van der Waals surface area contributed by atoms with Gasteiger partial charge in [0.1, 0.15) is 5.82 Å². The van der Waals surface area contributed by atoms with Crippen LogP contribution >= 0.6 is 0 Å². The van der Waals surface area contributed by atoms with Crippen LogP contribution in [-0.2, 0) is 0 Å². The Balaban J connectivity index is 2.82. The van der Waals surface area contributed by atoms with Gasteiger partial charge in [-0.05, 0) is 43.5 Å². The normalized spacial score (nSPS) is 12.4. The Morgan fingerprint density at radius 3 is 2.81 bits per heavy atom. The summed E-state index contributed by atoms with van der Waals surface area (Å²) in [6, 6.07) is 5.68. The maximum absolute atomic E-state index is 13.5. The Morgan fingerprint density at radius 1 is 1.50 bits per heavy atom. The van der Waals surface area contributed by atoms with Gasteiger partial charge in [0.15, 0.2) is 0 Å². The maximum atomic E-state index is 13.5. The molecule has 1 unspecified atom stereocenters. The molecule has 0 aromatic heterocycles. The third-order valence-electron chi connectivity index (χ3n) is 2.71. The molecule has 0 aliphatic heterocycles. The number of halogens is 1. The first-order valence-electron chi connectivity index (χ1n) is 5.79. The van der Waals surface area contributed by atoms with Gasteiger partial charge in [0.2, 0.25) is 0 Å².